The number of benzene rings is 2. The Bertz CT molecular complexity index is 738. The van der Waals surface area contributed by atoms with Crippen molar-refractivity contribution in [3.8, 4) is 17.2 Å². The topological polar surface area (TPSA) is 44.8 Å². The third kappa shape index (κ3) is 3.88. The lowest BCUT2D eigenvalue weighted by Gasteiger charge is -2.12. The average Bonchev–Trinajstić information content (AvgIpc) is 2.58. The molecule has 0 fully saturated rings. The fourth-order valence-electron chi connectivity index (χ4n) is 2.09. The molecule has 0 spiro atoms. The van der Waals surface area contributed by atoms with Gasteiger partial charge in [0.1, 0.15) is 11.6 Å². The van der Waals surface area contributed by atoms with E-state index in [1.165, 1.54) is 45.6 Å². The van der Waals surface area contributed by atoms with Crippen LogP contribution in [-0.4, -0.2) is 27.1 Å². The molecule has 0 N–H and O–H groups in total. The van der Waals surface area contributed by atoms with Crippen molar-refractivity contribution in [2.24, 2.45) is 0 Å². The van der Waals surface area contributed by atoms with Crippen molar-refractivity contribution in [2.45, 2.75) is 0 Å². The van der Waals surface area contributed by atoms with E-state index in [2.05, 4.69) is 0 Å². The summed E-state index contributed by atoms with van der Waals surface area (Å²) in [6.45, 7) is 0. The van der Waals surface area contributed by atoms with Crippen molar-refractivity contribution in [2.75, 3.05) is 21.3 Å². The zero-order valence-corrected chi connectivity index (χ0v) is 13.1. The molecule has 23 heavy (non-hydrogen) atoms. The molecule has 0 aliphatic carbocycles. The average molecular weight is 316 g/mol. The second-order valence-electron chi connectivity index (χ2n) is 4.66. The van der Waals surface area contributed by atoms with E-state index in [-0.39, 0.29) is 11.3 Å². The molecule has 0 atom stereocenters. The minimum atomic E-state index is -0.451. The van der Waals surface area contributed by atoms with Crippen molar-refractivity contribution in [1.29, 1.82) is 0 Å². The number of ketones is 1. The predicted octanol–water partition coefficient (Wildman–Crippen LogP) is 3.75. The number of rotatable bonds is 6. The van der Waals surface area contributed by atoms with Crippen LogP contribution in [0.1, 0.15) is 15.9 Å². The van der Waals surface area contributed by atoms with E-state index in [4.69, 9.17) is 14.2 Å². The number of allylic oxidation sites excluding steroid dienone is 1. The summed E-state index contributed by atoms with van der Waals surface area (Å²) in [6.07, 6.45) is 2.95. The molecule has 0 amide bonds. The van der Waals surface area contributed by atoms with Crippen LogP contribution in [0, 0.1) is 5.82 Å². The van der Waals surface area contributed by atoms with Gasteiger partial charge in [0.25, 0.3) is 0 Å². The van der Waals surface area contributed by atoms with E-state index in [0.717, 1.165) is 0 Å². The van der Waals surface area contributed by atoms with E-state index >= 15 is 0 Å². The maximum absolute atomic E-state index is 13.2. The van der Waals surface area contributed by atoms with E-state index in [9.17, 15) is 9.18 Å². The summed E-state index contributed by atoms with van der Waals surface area (Å²) >= 11 is 0. The highest BCUT2D eigenvalue weighted by atomic mass is 19.1. The molecule has 5 heteroatoms. The summed E-state index contributed by atoms with van der Waals surface area (Å²) in [5.41, 5.74) is 0.926. The molecule has 0 saturated carbocycles. The molecule has 2 aromatic rings. The standard InChI is InChI=1S/C18H17FO4/c1-21-16-11-18(23-3)17(22-2)10-13(16)7-8-15(20)12-5-4-6-14(19)9-12/h4-11H,1-3H3/b8-7+. The third-order valence-corrected chi connectivity index (χ3v) is 3.26. The van der Waals surface area contributed by atoms with Crippen LogP contribution in [0.25, 0.3) is 6.08 Å². The highest BCUT2D eigenvalue weighted by Crippen LogP contribution is 2.35. The largest absolute Gasteiger partial charge is 0.496 e. The van der Waals surface area contributed by atoms with Crippen molar-refractivity contribution < 1.29 is 23.4 Å². The Labute approximate surface area is 134 Å². The second-order valence-corrected chi connectivity index (χ2v) is 4.66. The monoisotopic (exact) mass is 316 g/mol. The van der Waals surface area contributed by atoms with Gasteiger partial charge in [0.15, 0.2) is 17.3 Å². The van der Waals surface area contributed by atoms with Crippen LogP contribution >= 0.6 is 0 Å². The smallest absolute Gasteiger partial charge is 0.185 e. The van der Waals surface area contributed by atoms with Crippen LogP contribution in [0.4, 0.5) is 4.39 Å². The van der Waals surface area contributed by atoms with Crippen molar-refractivity contribution in [1.82, 2.24) is 0 Å². The number of methoxy groups -OCH3 is 3. The zero-order valence-electron chi connectivity index (χ0n) is 13.1. The van der Waals surface area contributed by atoms with E-state index in [1.54, 1.807) is 24.3 Å². The molecule has 0 aromatic heterocycles. The van der Waals surface area contributed by atoms with Gasteiger partial charge in [0, 0.05) is 17.2 Å². The Hall–Kier alpha value is -2.82. The SMILES string of the molecule is COc1cc(OC)c(OC)cc1/C=C/C(=O)c1cccc(F)c1. The van der Waals surface area contributed by atoms with Crippen LogP contribution in [0.2, 0.25) is 0 Å². The van der Waals surface area contributed by atoms with Crippen LogP contribution in [-0.2, 0) is 0 Å². The summed E-state index contributed by atoms with van der Waals surface area (Å²) in [4.78, 5) is 12.1. The number of halogens is 1. The Morgan fingerprint density at radius 3 is 2.22 bits per heavy atom. The molecule has 0 aliphatic rings. The van der Waals surface area contributed by atoms with E-state index in [0.29, 0.717) is 22.8 Å². The predicted molar refractivity (Wildman–Crippen MR) is 85.9 cm³/mol. The first-order valence-electron chi connectivity index (χ1n) is 6.87. The Morgan fingerprint density at radius 2 is 1.61 bits per heavy atom. The number of ether oxygens (including phenoxy) is 3. The normalized spacial score (nSPS) is 10.6. The molecule has 0 heterocycles. The maximum atomic E-state index is 13.2. The van der Waals surface area contributed by atoms with Gasteiger partial charge in [0.2, 0.25) is 0 Å². The van der Waals surface area contributed by atoms with Gasteiger partial charge in [-0.25, -0.2) is 4.39 Å². The Balaban J connectivity index is 2.33. The minimum absolute atomic E-state index is 0.278. The second kappa shape index (κ2) is 7.45. The van der Waals surface area contributed by atoms with Gasteiger partial charge >= 0.3 is 0 Å². The molecule has 2 rings (SSSR count). The number of hydrogen-bond acceptors (Lipinski definition) is 4. The molecule has 4 nitrogen and oxygen atoms in total. The Kier molecular flexibility index (Phi) is 5.36. The van der Waals surface area contributed by atoms with Gasteiger partial charge in [-0.2, -0.15) is 0 Å². The summed E-state index contributed by atoms with van der Waals surface area (Å²) in [7, 11) is 4.57. The van der Waals surface area contributed by atoms with Crippen molar-refractivity contribution >= 4 is 11.9 Å². The lowest BCUT2D eigenvalue weighted by Crippen LogP contribution is -1.96. The maximum Gasteiger partial charge on any atom is 0.185 e. The quantitative estimate of drug-likeness (QED) is 0.601. The molecule has 0 bridgehead atoms. The van der Waals surface area contributed by atoms with Crippen LogP contribution in [0.15, 0.2) is 42.5 Å². The molecule has 0 radical (unpaired) electrons. The molecular formula is C18H17FO4. The summed E-state index contributed by atoms with van der Waals surface area (Å²) in [5.74, 6) is 0.823. The van der Waals surface area contributed by atoms with Gasteiger partial charge in [-0.1, -0.05) is 12.1 Å². The third-order valence-electron chi connectivity index (χ3n) is 3.26. The minimum Gasteiger partial charge on any atom is -0.496 e. The number of carbonyl (C=O) groups is 1. The summed E-state index contributed by atoms with van der Waals surface area (Å²) in [5, 5.41) is 0. The van der Waals surface area contributed by atoms with Gasteiger partial charge in [-0.05, 0) is 30.4 Å². The Morgan fingerprint density at radius 1 is 0.957 bits per heavy atom. The van der Waals surface area contributed by atoms with Gasteiger partial charge in [0.05, 0.1) is 21.3 Å². The van der Waals surface area contributed by atoms with Gasteiger partial charge < -0.3 is 14.2 Å². The molecule has 120 valence electrons. The molecule has 2 aromatic carbocycles. The highest BCUT2D eigenvalue weighted by molar-refractivity contribution is 6.07. The first-order chi connectivity index (χ1) is 11.1. The summed E-state index contributed by atoms with van der Waals surface area (Å²) in [6, 6.07) is 8.91. The highest BCUT2D eigenvalue weighted by Gasteiger charge is 2.10. The summed E-state index contributed by atoms with van der Waals surface area (Å²) < 4.78 is 28.9. The van der Waals surface area contributed by atoms with Gasteiger partial charge in [-0.3, -0.25) is 4.79 Å². The number of hydrogen-bond donors (Lipinski definition) is 0. The molecule has 0 aliphatic heterocycles. The number of carbonyl (C=O) groups excluding carboxylic acids is 1. The zero-order chi connectivity index (χ0) is 16.8. The molecule has 0 saturated heterocycles. The first kappa shape index (κ1) is 16.5. The fraction of sp³-hybridized carbons (Fsp3) is 0.167. The van der Waals surface area contributed by atoms with Crippen LogP contribution in [0.5, 0.6) is 17.2 Å². The van der Waals surface area contributed by atoms with E-state index in [1.807, 2.05) is 0 Å². The van der Waals surface area contributed by atoms with E-state index < -0.39 is 5.82 Å². The van der Waals surface area contributed by atoms with Crippen molar-refractivity contribution in [3.05, 3.63) is 59.4 Å². The first-order valence-corrected chi connectivity index (χ1v) is 6.87. The van der Waals surface area contributed by atoms with Crippen LogP contribution in [0.3, 0.4) is 0 Å². The lowest BCUT2D eigenvalue weighted by molar-refractivity contribution is 0.104. The van der Waals surface area contributed by atoms with Gasteiger partial charge in [-0.15, -0.1) is 0 Å². The molecule has 0 unspecified atom stereocenters. The molecular weight excluding hydrogens is 299 g/mol. The van der Waals surface area contributed by atoms with Crippen LogP contribution < -0.4 is 14.2 Å². The lowest BCUT2D eigenvalue weighted by atomic mass is 10.1. The van der Waals surface area contributed by atoms with Crippen molar-refractivity contribution in [3.63, 3.8) is 0 Å². The fourth-order valence-corrected chi connectivity index (χ4v) is 2.09.